The molecule has 0 unspecified atom stereocenters. The van der Waals surface area contributed by atoms with Crippen molar-refractivity contribution in [2.75, 3.05) is 19.6 Å². The van der Waals surface area contributed by atoms with Crippen molar-refractivity contribution >= 4 is 29.6 Å². The van der Waals surface area contributed by atoms with Gasteiger partial charge in [-0.25, -0.2) is 9.23 Å². The van der Waals surface area contributed by atoms with E-state index in [9.17, 15) is 14.4 Å². The summed E-state index contributed by atoms with van der Waals surface area (Å²) in [6, 6.07) is 13.2. The standard InChI is InChI=1S/C27H31ClFN3O5/c1-17-2-4-18(5-3-17)15-32-13-11-24(26(32)34)31-12-10-21(22(29)16-31)19-6-8-20(9-7-19)37-25(33)14-23(30-28)27(35)36/h2-9,21-24,30H,10-16H2,1H3,(H,35,36)/t21-,22+,23-,24+/m0/s1. The lowest BCUT2D eigenvalue weighted by molar-refractivity contribution is -0.144. The topological polar surface area (TPSA) is 99.2 Å². The van der Waals surface area contributed by atoms with Crippen LogP contribution in [0, 0.1) is 6.92 Å². The van der Waals surface area contributed by atoms with Gasteiger partial charge in [0.05, 0.1) is 12.5 Å². The third-order valence-electron chi connectivity index (χ3n) is 7.12. The van der Waals surface area contributed by atoms with Crippen molar-refractivity contribution in [1.29, 1.82) is 0 Å². The molecule has 2 fully saturated rings. The van der Waals surface area contributed by atoms with Crippen molar-refractivity contribution in [3.63, 3.8) is 0 Å². The Kier molecular flexibility index (Phi) is 8.79. The first-order valence-corrected chi connectivity index (χ1v) is 12.7. The van der Waals surface area contributed by atoms with E-state index in [1.165, 1.54) is 5.56 Å². The summed E-state index contributed by atoms with van der Waals surface area (Å²) in [6.45, 7) is 4.09. The summed E-state index contributed by atoms with van der Waals surface area (Å²) in [5.74, 6) is -2.03. The average Bonchev–Trinajstić information content (AvgIpc) is 3.24. The van der Waals surface area contributed by atoms with Crippen LogP contribution in [-0.4, -0.2) is 70.6 Å². The Morgan fingerprint density at radius 2 is 1.84 bits per heavy atom. The second kappa shape index (κ2) is 12.0. The summed E-state index contributed by atoms with van der Waals surface area (Å²) >= 11 is 5.34. The smallest absolute Gasteiger partial charge is 0.322 e. The third-order valence-corrected chi connectivity index (χ3v) is 7.38. The van der Waals surface area contributed by atoms with E-state index in [1.807, 2.05) is 45.8 Å². The molecule has 198 valence electrons. The number of alkyl halides is 1. The lowest BCUT2D eigenvalue weighted by Crippen LogP contribution is -2.49. The van der Waals surface area contributed by atoms with E-state index in [1.54, 1.807) is 24.3 Å². The molecule has 0 aliphatic carbocycles. The van der Waals surface area contributed by atoms with E-state index >= 15 is 4.39 Å². The first-order valence-electron chi connectivity index (χ1n) is 12.4. The SMILES string of the molecule is Cc1ccc(CN2CC[C@@H](N3CC[C@@H](c4ccc(OC(=O)C[C@H](NCl)C(=O)O)cc4)[C@H](F)C3)C2=O)cc1. The van der Waals surface area contributed by atoms with Crippen LogP contribution in [-0.2, 0) is 20.9 Å². The highest BCUT2D eigenvalue weighted by atomic mass is 35.5. The van der Waals surface area contributed by atoms with Crippen LogP contribution in [0.5, 0.6) is 5.75 Å². The molecule has 0 radical (unpaired) electrons. The number of carbonyl (C=O) groups is 3. The summed E-state index contributed by atoms with van der Waals surface area (Å²) in [6.07, 6.45) is -0.297. The number of carboxylic acids is 1. The molecule has 2 aliphatic heterocycles. The van der Waals surface area contributed by atoms with Gasteiger partial charge in [-0.1, -0.05) is 42.0 Å². The van der Waals surface area contributed by atoms with Gasteiger partial charge in [-0.05, 0) is 61.3 Å². The predicted molar refractivity (Wildman–Crippen MR) is 136 cm³/mol. The summed E-state index contributed by atoms with van der Waals surface area (Å²) < 4.78 is 20.5. The van der Waals surface area contributed by atoms with Gasteiger partial charge in [0.25, 0.3) is 0 Å². The van der Waals surface area contributed by atoms with Crippen LogP contribution in [0.3, 0.4) is 0 Å². The van der Waals surface area contributed by atoms with Gasteiger partial charge < -0.3 is 14.7 Å². The van der Waals surface area contributed by atoms with Crippen molar-refractivity contribution in [1.82, 2.24) is 14.6 Å². The molecule has 2 aliphatic rings. The number of aryl methyl sites for hydroxylation is 1. The summed E-state index contributed by atoms with van der Waals surface area (Å²) in [4.78, 5) is 41.9. The van der Waals surface area contributed by atoms with E-state index < -0.39 is 30.6 Å². The molecule has 0 saturated carbocycles. The molecule has 10 heteroatoms. The summed E-state index contributed by atoms with van der Waals surface area (Å²) in [5.41, 5.74) is 3.06. The molecule has 2 heterocycles. The van der Waals surface area contributed by atoms with Crippen LogP contribution in [0.15, 0.2) is 48.5 Å². The zero-order valence-corrected chi connectivity index (χ0v) is 21.4. The molecule has 8 nitrogen and oxygen atoms in total. The quantitative estimate of drug-likeness (QED) is 0.290. The fourth-order valence-electron chi connectivity index (χ4n) is 5.01. The minimum Gasteiger partial charge on any atom is -0.480 e. The number of carbonyl (C=O) groups excluding carboxylic acids is 2. The lowest BCUT2D eigenvalue weighted by Gasteiger charge is -2.37. The van der Waals surface area contributed by atoms with E-state index in [4.69, 9.17) is 21.6 Å². The number of esters is 1. The number of halogens is 2. The highest BCUT2D eigenvalue weighted by Crippen LogP contribution is 2.34. The Morgan fingerprint density at radius 3 is 2.46 bits per heavy atom. The number of amides is 1. The normalized spacial score (nSPS) is 23.2. The zero-order valence-electron chi connectivity index (χ0n) is 20.6. The van der Waals surface area contributed by atoms with Gasteiger partial charge in [-0.15, -0.1) is 0 Å². The number of aliphatic carboxylic acids is 1. The van der Waals surface area contributed by atoms with Crippen molar-refractivity contribution in [2.45, 2.75) is 56.9 Å². The van der Waals surface area contributed by atoms with Crippen molar-refractivity contribution in [3.8, 4) is 5.75 Å². The number of nitrogens with zero attached hydrogens (tertiary/aromatic N) is 2. The molecular formula is C27H31ClFN3O5. The number of hydrogen-bond donors (Lipinski definition) is 2. The average molecular weight is 532 g/mol. The van der Waals surface area contributed by atoms with Gasteiger partial charge in [0.2, 0.25) is 5.91 Å². The monoisotopic (exact) mass is 531 g/mol. The van der Waals surface area contributed by atoms with Crippen LogP contribution in [0.1, 0.15) is 41.9 Å². The third kappa shape index (κ3) is 6.66. The maximum absolute atomic E-state index is 15.3. The number of ether oxygens (including phenoxy) is 1. The van der Waals surface area contributed by atoms with Crippen LogP contribution < -0.4 is 9.57 Å². The van der Waals surface area contributed by atoms with E-state index in [-0.39, 0.29) is 30.2 Å². The maximum atomic E-state index is 15.3. The first kappa shape index (κ1) is 27.0. The fraction of sp³-hybridized carbons (Fsp3) is 0.444. The van der Waals surface area contributed by atoms with Gasteiger partial charge >= 0.3 is 11.9 Å². The Bertz CT molecular complexity index is 1110. The maximum Gasteiger partial charge on any atom is 0.322 e. The number of rotatable bonds is 9. The number of carboxylic acid groups (broad SMARTS) is 1. The van der Waals surface area contributed by atoms with Crippen molar-refractivity contribution in [2.24, 2.45) is 0 Å². The Hall–Kier alpha value is -3.01. The van der Waals surface area contributed by atoms with Gasteiger partial charge in [0, 0.05) is 25.6 Å². The second-order valence-corrected chi connectivity index (χ2v) is 9.92. The number of nitrogens with one attached hydrogen (secondary N) is 1. The van der Waals surface area contributed by atoms with E-state index in [0.717, 1.165) is 11.1 Å². The first-order chi connectivity index (χ1) is 17.7. The van der Waals surface area contributed by atoms with E-state index in [2.05, 4.69) is 0 Å². The van der Waals surface area contributed by atoms with Crippen LogP contribution >= 0.6 is 11.8 Å². The van der Waals surface area contributed by atoms with Crippen molar-refractivity contribution in [3.05, 3.63) is 65.2 Å². The molecule has 0 bridgehead atoms. The fourth-order valence-corrected chi connectivity index (χ4v) is 5.18. The van der Waals surface area contributed by atoms with Crippen LogP contribution in [0.2, 0.25) is 0 Å². The van der Waals surface area contributed by atoms with Crippen molar-refractivity contribution < 1.29 is 28.6 Å². The zero-order chi connectivity index (χ0) is 26.5. The molecule has 1 amide bonds. The molecule has 4 atom stereocenters. The molecule has 2 saturated heterocycles. The van der Waals surface area contributed by atoms with Crippen LogP contribution in [0.4, 0.5) is 4.39 Å². The Morgan fingerprint density at radius 1 is 1.14 bits per heavy atom. The molecule has 0 spiro atoms. The molecule has 4 rings (SSSR count). The minimum absolute atomic E-state index is 0.0619. The van der Waals surface area contributed by atoms with Gasteiger partial charge in [-0.3, -0.25) is 19.3 Å². The largest absolute Gasteiger partial charge is 0.480 e. The molecule has 2 aromatic rings. The molecule has 37 heavy (non-hydrogen) atoms. The highest BCUT2D eigenvalue weighted by Gasteiger charge is 2.40. The lowest BCUT2D eigenvalue weighted by atomic mass is 9.87. The van der Waals surface area contributed by atoms with Gasteiger partial charge in [0.1, 0.15) is 18.0 Å². The second-order valence-electron chi connectivity index (χ2n) is 9.70. The molecule has 2 N–H and O–H groups in total. The molecule has 0 aromatic heterocycles. The van der Waals surface area contributed by atoms with Gasteiger partial charge in [-0.2, -0.15) is 0 Å². The summed E-state index contributed by atoms with van der Waals surface area (Å²) in [7, 11) is 0. The van der Waals surface area contributed by atoms with Crippen LogP contribution in [0.25, 0.3) is 0 Å². The number of benzene rings is 2. The molecular weight excluding hydrogens is 501 g/mol. The van der Waals surface area contributed by atoms with Gasteiger partial charge in [0.15, 0.2) is 0 Å². The van der Waals surface area contributed by atoms with E-state index in [0.29, 0.717) is 32.5 Å². The Labute approximate surface area is 220 Å². The summed E-state index contributed by atoms with van der Waals surface area (Å²) in [5, 5.41) is 8.96. The number of piperidine rings is 1. The number of likely N-dealkylation sites (tertiary alicyclic amines) is 2. The molecule has 2 aromatic carbocycles. The number of hydrogen-bond acceptors (Lipinski definition) is 6. The minimum atomic E-state index is -1.26. The predicted octanol–water partition coefficient (Wildman–Crippen LogP) is 3.42. The highest BCUT2D eigenvalue weighted by molar-refractivity contribution is 6.15. The Balaban J connectivity index is 1.29.